The molecule has 1 atom stereocenters. The SMILES string of the molecule is COC1CCC(N[C@H](Cc2ccc(Cl)cc2)C(=O)N2CCC(N(C(=O)N(C)C)C3CCCCC3)CC2)CC1. The van der Waals surface area contributed by atoms with Crippen molar-refractivity contribution in [3.63, 3.8) is 0 Å². The molecule has 3 amide bonds. The van der Waals surface area contributed by atoms with Crippen LogP contribution in [-0.2, 0) is 16.0 Å². The number of carbonyl (C=O) groups is 2. The molecule has 3 fully saturated rings. The summed E-state index contributed by atoms with van der Waals surface area (Å²) >= 11 is 6.12. The van der Waals surface area contributed by atoms with Gasteiger partial charge < -0.3 is 24.8 Å². The standard InChI is InChI=1S/C30H47ClN4O3/c1-33(2)30(37)35(25-7-5-4-6-8-25)26-17-19-34(20-18-26)29(36)28(21-22-9-11-23(31)12-10-22)32-24-13-15-27(38-3)16-14-24/h9-12,24-28,32H,4-8,13-21H2,1-3H3/t24?,27?,28-/m1/s1. The lowest BCUT2D eigenvalue weighted by atomic mass is 9.90. The van der Waals surface area contributed by atoms with Gasteiger partial charge in [-0.15, -0.1) is 0 Å². The van der Waals surface area contributed by atoms with Crippen molar-refractivity contribution in [2.24, 2.45) is 0 Å². The molecule has 0 bridgehead atoms. The normalized spacial score (nSPS) is 24.2. The van der Waals surface area contributed by atoms with Gasteiger partial charge in [0.05, 0.1) is 12.1 Å². The number of carbonyl (C=O) groups excluding carboxylic acids is 2. The largest absolute Gasteiger partial charge is 0.381 e. The highest BCUT2D eigenvalue weighted by atomic mass is 35.5. The Labute approximate surface area is 234 Å². The van der Waals surface area contributed by atoms with Crippen LogP contribution in [0, 0.1) is 0 Å². The summed E-state index contributed by atoms with van der Waals surface area (Å²) in [4.78, 5) is 33.0. The smallest absolute Gasteiger partial charge is 0.319 e. The Morgan fingerprint density at radius 2 is 1.55 bits per heavy atom. The number of benzene rings is 1. The number of ether oxygens (including phenoxy) is 1. The highest BCUT2D eigenvalue weighted by Crippen LogP contribution is 2.29. The predicted molar refractivity (Wildman–Crippen MR) is 153 cm³/mol. The molecule has 0 radical (unpaired) electrons. The van der Waals surface area contributed by atoms with E-state index in [-0.39, 0.29) is 24.0 Å². The van der Waals surface area contributed by atoms with Crippen LogP contribution in [0.1, 0.15) is 76.2 Å². The first-order valence-electron chi connectivity index (χ1n) is 14.7. The topological polar surface area (TPSA) is 65.1 Å². The third-order valence-electron chi connectivity index (χ3n) is 8.84. The fraction of sp³-hybridized carbons (Fsp3) is 0.733. The fourth-order valence-electron chi connectivity index (χ4n) is 6.61. The third kappa shape index (κ3) is 7.64. The lowest BCUT2D eigenvalue weighted by Crippen LogP contribution is -2.58. The van der Waals surface area contributed by atoms with Crippen LogP contribution in [0.15, 0.2) is 24.3 Å². The van der Waals surface area contributed by atoms with E-state index in [1.54, 1.807) is 12.0 Å². The number of piperidine rings is 1. The number of halogens is 1. The van der Waals surface area contributed by atoms with E-state index in [0.717, 1.165) is 56.9 Å². The highest BCUT2D eigenvalue weighted by molar-refractivity contribution is 6.30. The summed E-state index contributed by atoms with van der Waals surface area (Å²) in [5, 5.41) is 4.44. The van der Waals surface area contributed by atoms with Gasteiger partial charge in [-0.2, -0.15) is 0 Å². The molecule has 38 heavy (non-hydrogen) atoms. The molecular weight excluding hydrogens is 500 g/mol. The first-order valence-corrected chi connectivity index (χ1v) is 15.0. The van der Waals surface area contributed by atoms with Gasteiger partial charge in [-0.25, -0.2) is 4.79 Å². The van der Waals surface area contributed by atoms with E-state index >= 15 is 0 Å². The Kier molecular flexibility index (Phi) is 10.7. The molecule has 1 heterocycles. The molecule has 0 spiro atoms. The van der Waals surface area contributed by atoms with Gasteiger partial charge in [-0.1, -0.05) is 43.0 Å². The molecule has 2 saturated carbocycles. The summed E-state index contributed by atoms with van der Waals surface area (Å²) in [6, 6.07) is 8.53. The lowest BCUT2D eigenvalue weighted by Gasteiger charge is -2.45. The van der Waals surface area contributed by atoms with E-state index in [2.05, 4.69) is 10.2 Å². The second-order valence-corrected chi connectivity index (χ2v) is 12.1. The number of rotatable bonds is 8. The van der Waals surface area contributed by atoms with Crippen molar-refractivity contribution in [2.45, 2.75) is 107 Å². The molecule has 1 aromatic carbocycles. The maximum absolute atomic E-state index is 13.9. The molecule has 3 aliphatic rings. The zero-order valence-electron chi connectivity index (χ0n) is 23.5. The van der Waals surface area contributed by atoms with E-state index in [0.29, 0.717) is 42.7 Å². The first kappa shape index (κ1) is 29.2. The van der Waals surface area contributed by atoms with Crippen LogP contribution in [-0.4, -0.2) is 91.2 Å². The minimum absolute atomic E-state index is 0.121. The average Bonchev–Trinajstić information content (AvgIpc) is 2.95. The summed E-state index contributed by atoms with van der Waals surface area (Å²) in [6.45, 7) is 1.39. The maximum atomic E-state index is 13.9. The van der Waals surface area contributed by atoms with Crippen LogP contribution >= 0.6 is 11.6 Å². The Hall–Kier alpha value is -1.83. The molecule has 7 nitrogen and oxygen atoms in total. The zero-order valence-corrected chi connectivity index (χ0v) is 24.3. The van der Waals surface area contributed by atoms with Crippen LogP contribution in [0.4, 0.5) is 4.79 Å². The monoisotopic (exact) mass is 546 g/mol. The maximum Gasteiger partial charge on any atom is 0.319 e. The van der Waals surface area contributed by atoms with Crippen molar-refractivity contribution in [3.8, 4) is 0 Å². The quantitative estimate of drug-likeness (QED) is 0.492. The van der Waals surface area contributed by atoms with Crippen molar-refractivity contribution < 1.29 is 14.3 Å². The van der Waals surface area contributed by atoms with Gasteiger partial charge in [-0.05, 0) is 75.5 Å². The Morgan fingerprint density at radius 1 is 0.947 bits per heavy atom. The van der Waals surface area contributed by atoms with Gasteiger partial charge >= 0.3 is 6.03 Å². The minimum Gasteiger partial charge on any atom is -0.381 e. The summed E-state index contributed by atoms with van der Waals surface area (Å²) in [7, 11) is 5.49. The van der Waals surface area contributed by atoms with Crippen molar-refractivity contribution in [1.82, 2.24) is 20.0 Å². The molecule has 212 valence electrons. The predicted octanol–water partition coefficient (Wildman–Crippen LogP) is 5.11. The number of urea groups is 1. The number of hydrogen-bond acceptors (Lipinski definition) is 4. The van der Waals surface area contributed by atoms with Gasteiger partial charge in [0, 0.05) is 57.4 Å². The van der Waals surface area contributed by atoms with Crippen molar-refractivity contribution >= 4 is 23.5 Å². The van der Waals surface area contributed by atoms with Crippen molar-refractivity contribution in [3.05, 3.63) is 34.9 Å². The number of hydrogen-bond donors (Lipinski definition) is 1. The Morgan fingerprint density at radius 3 is 2.13 bits per heavy atom. The van der Waals surface area contributed by atoms with Gasteiger partial charge in [0.2, 0.25) is 5.91 Å². The van der Waals surface area contributed by atoms with E-state index in [4.69, 9.17) is 16.3 Å². The number of amides is 3. The fourth-order valence-corrected chi connectivity index (χ4v) is 6.73. The number of nitrogens with one attached hydrogen (secondary N) is 1. The van der Waals surface area contributed by atoms with Gasteiger partial charge in [0.1, 0.15) is 0 Å². The molecule has 1 aromatic rings. The molecule has 2 aliphatic carbocycles. The summed E-state index contributed by atoms with van der Waals surface area (Å²) in [5.41, 5.74) is 1.11. The van der Waals surface area contributed by atoms with Crippen LogP contribution in [0.5, 0.6) is 0 Å². The van der Waals surface area contributed by atoms with Crippen LogP contribution in [0.25, 0.3) is 0 Å². The average molecular weight is 547 g/mol. The molecule has 0 unspecified atom stereocenters. The minimum atomic E-state index is -0.269. The Balaban J connectivity index is 1.41. The Bertz CT molecular complexity index is 889. The summed E-state index contributed by atoms with van der Waals surface area (Å²) in [5.74, 6) is 0.176. The van der Waals surface area contributed by atoms with E-state index in [1.807, 2.05) is 43.3 Å². The number of nitrogens with zero attached hydrogens (tertiary/aromatic N) is 3. The molecular formula is C30H47ClN4O3. The van der Waals surface area contributed by atoms with E-state index < -0.39 is 0 Å². The lowest BCUT2D eigenvalue weighted by molar-refractivity contribution is -0.135. The second kappa shape index (κ2) is 14.0. The summed E-state index contributed by atoms with van der Waals surface area (Å²) in [6.07, 6.45) is 12.6. The summed E-state index contributed by atoms with van der Waals surface area (Å²) < 4.78 is 5.55. The molecule has 1 saturated heterocycles. The number of likely N-dealkylation sites (tertiary alicyclic amines) is 1. The number of methoxy groups -OCH3 is 1. The van der Waals surface area contributed by atoms with Crippen LogP contribution in [0.3, 0.4) is 0 Å². The van der Waals surface area contributed by atoms with E-state index in [1.165, 1.54) is 19.3 Å². The first-order chi connectivity index (χ1) is 18.4. The van der Waals surface area contributed by atoms with Gasteiger partial charge in [-0.3, -0.25) is 4.79 Å². The molecule has 1 aliphatic heterocycles. The highest BCUT2D eigenvalue weighted by Gasteiger charge is 2.37. The third-order valence-corrected chi connectivity index (χ3v) is 9.09. The van der Waals surface area contributed by atoms with Gasteiger partial charge in [0.25, 0.3) is 0 Å². The molecule has 1 N–H and O–H groups in total. The van der Waals surface area contributed by atoms with Crippen molar-refractivity contribution in [1.29, 1.82) is 0 Å². The second-order valence-electron chi connectivity index (χ2n) is 11.7. The molecule has 4 rings (SSSR count). The van der Waals surface area contributed by atoms with Crippen LogP contribution < -0.4 is 5.32 Å². The van der Waals surface area contributed by atoms with Gasteiger partial charge in [0.15, 0.2) is 0 Å². The molecule has 8 heteroatoms. The molecule has 0 aromatic heterocycles. The van der Waals surface area contributed by atoms with Crippen molar-refractivity contribution in [2.75, 3.05) is 34.3 Å². The zero-order chi connectivity index (χ0) is 27.1. The van der Waals surface area contributed by atoms with E-state index in [9.17, 15) is 9.59 Å². The van der Waals surface area contributed by atoms with Crippen LogP contribution in [0.2, 0.25) is 5.02 Å².